The van der Waals surface area contributed by atoms with Crippen LogP contribution in [0.3, 0.4) is 0 Å². The van der Waals surface area contributed by atoms with Gasteiger partial charge in [-0.25, -0.2) is 4.98 Å². The Morgan fingerprint density at radius 2 is 1.79 bits per heavy atom. The van der Waals surface area contributed by atoms with Gasteiger partial charge in [-0.1, -0.05) is 11.6 Å². The summed E-state index contributed by atoms with van der Waals surface area (Å²) in [5.74, 6) is 0.813. The maximum absolute atomic E-state index is 12.7. The molecule has 24 heavy (non-hydrogen) atoms. The predicted molar refractivity (Wildman–Crippen MR) is 82.1 cm³/mol. The van der Waals surface area contributed by atoms with Gasteiger partial charge in [0.2, 0.25) is 0 Å². The summed E-state index contributed by atoms with van der Waals surface area (Å²) in [6.07, 6.45) is 1.95. The first kappa shape index (κ1) is 16.8. The van der Waals surface area contributed by atoms with Crippen LogP contribution in [0, 0.1) is 0 Å². The predicted octanol–water partition coefficient (Wildman–Crippen LogP) is 3.59. The quantitative estimate of drug-likeness (QED) is 0.839. The molecule has 0 N–H and O–H groups in total. The molecule has 9 heteroatoms. The van der Waals surface area contributed by atoms with Gasteiger partial charge >= 0.3 is 6.18 Å². The number of alkyl halides is 3. The third-order valence-corrected chi connectivity index (χ3v) is 3.87. The second-order valence-corrected chi connectivity index (χ2v) is 5.84. The first-order valence-electron chi connectivity index (χ1n) is 7.33. The van der Waals surface area contributed by atoms with E-state index >= 15 is 0 Å². The summed E-state index contributed by atoms with van der Waals surface area (Å²) in [7, 11) is 0. The lowest BCUT2D eigenvalue weighted by atomic mass is 10.1. The van der Waals surface area contributed by atoms with E-state index in [1.807, 2.05) is 0 Å². The Bertz CT molecular complexity index is 705. The maximum atomic E-state index is 12.7. The highest BCUT2D eigenvalue weighted by Gasteiger charge is 2.34. The van der Waals surface area contributed by atoms with Crippen molar-refractivity contribution in [2.75, 3.05) is 18.0 Å². The normalized spacial score (nSPS) is 16.2. The van der Waals surface area contributed by atoms with Crippen LogP contribution in [0.15, 0.2) is 30.9 Å². The molecule has 5 nitrogen and oxygen atoms in total. The fourth-order valence-corrected chi connectivity index (χ4v) is 2.66. The molecule has 1 aliphatic heterocycles. The zero-order valence-corrected chi connectivity index (χ0v) is 13.3. The van der Waals surface area contributed by atoms with Gasteiger partial charge in [0.25, 0.3) is 0 Å². The number of rotatable bonds is 3. The van der Waals surface area contributed by atoms with Gasteiger partial charge in [-0.3, -0.25) is 9.97 Å². The van der Waals surface area contributed by atoms with Crippen molar-refractivity contribution >= 4 is 17.4 Å². The minimum absolute atomic E-state index is 0.0414. The number of nitrogens with zero attached hydrogens (tertiary/aromatic N) is 4. The van der Waals surface area contributed by atoms with Crippen LogP contribution in [0.5, 0.6) is 5.75 Å². The summed E-state index contributed by atoms with van der Waals surface area (Å²) in [5.41, 5.74) is -0.983. The van der Waals surface area contributed by atoms with Crippen molar-refractivity contribution in [3.8, 4) is 5.75 Å². The van der Waals surface area contributed by atoms with Crippen LogP contribution in [-0.4, -0.2) is 34.1 Å². The molecule has 128 valence electrons. The van der Waals surface area contributed by atoms with Crippen LogP contribution in [0.1, 0.15) is 18.5 Å². The molecular weight excluding hydrogens is 345 g/mol. The van der Waals surface area contributed by atoms with Crippen molar-refractivity contribution in [3.05, 3.63) is 41.6 Å². The number of piperidine rings is 1. The van der Waals surface area contributed by atoms with Gasteiger partial charge in [0.05, 0.1) is 23.6 Å². The van der Waals surface area contributed by atoms with Crippen molar-refractivity contribution in [1.82, 2.24) is 15.0 Å². The van der Waals surface area contributed by atoms with E-state index in [1.165, 1.54) is 12.4 Å². The minimum Gasteiger partial charge on any atom is -0.489 e. The number of ether oxygens (including phenoxy) is 1. The summed E-state index contributed by atoms with van der Waals surface area (Å²) in [4.78, 5) is 13.0. The highest BCUT2D eigenvalue weighted by Crippen LogP contribution is 2.29. The summed E-state index contributed by atoms with van der Waals surface area (Å²) < 4.78 is 44.0. The molecule has 0 amide bonds. The largest absolute Gasteiger partial charge is 0.489 e. The molecule has 0 bridgehead atoms. The number of aromatic nitrogens is 3. The number of pyridine rings is 1. The van der Waals surface area contributed by atoms with E-state index in [2.05, 4.69) is 15.0 Å². The topological polar surface area (TPSA) is 51.1 Å². The summed E-state index contributed by atoms with van der Waals surface area (Å²) in [6, 6.07) is 1.68. The van der Waals surface area contributed by atoms with Crippen molar-refractivity contribution < 1.29 is 17.9 Å². The molecule has 0 saturated carbocycles. The number of hydrogen-bond acceptors (Lipinski definition) is 5. The van der Waals surface area contributed by atoms with E-state index in [9.17, 15) is 13.2 Å². The third-order valence-electron chi connectivity index (χ3n) is 3.66. The van der Waals surface area contributed by atoms with Crippen LogP contribution >= 0.6 is 11.6 Å². The van der Waals surface area contributed by atoms with Crippen LogP contribution in [-0.2, 0) is 6.18 Å². The van der Waals surface area contributed by atoms with E-state index in [1.54, 1.807) is 17.2 Å². The van der Waals surface area contributed by atoms with Gasteiger partial charge in [-0.05, 0) is 0 Å². The Hall–Kier alpha value is -2.09. The molecule has 0 radical (unpaired) electrons. The Morgan fingerprint density at radius 3 is 2.46 bits per heavy atom. The van der Waals surface area contributed by atoms with Crippen LogP contribution in [0.25, 0.3) is 0 Å². The molecule has 0 unspecified atom stereocenters. The Morgan fingerprint density at radius 1 is 1.08 bits per heavy atom. The van der Waals surface area contributed by atoms with Crippen LogP contribution in [0.2, 0.25) is 5.02 Å². The lowest BCUT2D eigenvalue weighted by molar-refractivity contribution is -0.141. The van der Waals surface area contributed by atoms with E-state index in [4.69, 9.17) is 16.3 Å². The molecule has 2 aromatic heterocycles. The lowest BCUT2D eigenvalue weighted by Crippen LogP contribution is -2.39. The molecule has 1 aliphatic rings. The molecule has 3 rings (SSSR count). The summed E-state index contributed by atoms with van der Waals surface area (Å²) in [6.45, 7) is 1.07. The zero-order valence-electron chi connectivity index (χ0n) is 12.5. The zero-order chi connectivity index (χ0) is 17.2. The van der Waals surface area contributed by atoms with Gasteiger partial charge < -0.3 is 9.64 Å². The second kappa shape index (κ2) is 6.80. The van der Waals surface area contributed by atoms with E-state index in [0.717, 1.165) is 6.20 Å². The molecule has 1 fully saturated rings. The van der Waals surface area contributed by atoms with Crippen molar-refractivity contribution in [2.24, 2.45) is 0 Å². The average molecular weight is 359 g/mol. The molecule has 0 aromatic carbocycles. The number of halogens is 4. The van der Waals surface area contributed by atoms with E-state index < -0.39 is 11.9 Å². The Labute approximate surface area is 141 Å². The highest BCUT2D eigenvalue weighted by atomic mass is 35.5. The van der Waals surface area contributed by atoms with Crippen molar-refractivity contribution in [2.45, 2.75) is 25.1 Å². The minimum atomic E-state index is -4.50. The molecule has 0 aliphatic carbocycles. The fourth-order valence-electron chi connectivity index (χ4n) is 2.50. The number of anilines is 1. The average Bonchev–Trinajstić information content (AvgIpc) is 2.55. The van der Waals surface area contributed by atoms with Crippen LogP contribution in [0.4, 0.5) is 19.0 Å². The maximum Gasteiger partial charge on any atom is 0.434 e. The van der Waals surface area contributed by atoms with Gasteiger partial charge in [0.1, 0.15) is 17.7 Å². The Balaban J connectivity index is 1.61. The van der Waals surface area contributed by atoms with Gasteiger partial charge in [-0.2, -0.15) is 13.2 Å². The Kier molecular flexibility index (Phi) is 4.75. The van der Waals surface area contributed by atoms with Crippen molar-refractivity contribution in [3.63, 3.8) is 0 Å². The molecule has 1 saturated heterocycles. The molecular formula is C15H14ClF3N4O. The second-order valence-electron chi connectivity index (χ2n) is 5.40. The summed E-state index contributed by atoms with van der Waals surface area (Å²) >= 11 is 5.86. The fraction of sp³-hybridized carbons (Fsp3) is 0.400. The highest BCUT2D eigenvalue weighted by molar-refractivity contribution is 6.30. The molecule has 0 spiro atoms. The third kappa shape index (κ3) is 4.05. The number of hydrogen-bond donors (Lipinski definition) is 0. The van der Waals surface area contributed by atoms with Gasteiger partial charge in [0.15, 0.2) is 5.69 Å². The first-order valence-corrected chi connectivity index (χ1v) is 7.71. The molecule has 0 atom stereocenters. The first-order chi connectivity index (χ1) is 11.4. The molecule has 2 aromatic rings. The SMILES string of the molecule is FC(F)(F)c1cncc(N2CCC(Oc3cncc(Cl)c3)CC2)n1. The monoisotopic (exact) mass is 358 g/mol. The van der Waals surface area contributed by atoms with Gasteiger partial charge in [0, 0.05) is 38.2 Å². The summed E-state index contributed by atoms with van der Waals surface area (Å²) in [5, 5.41) is 0.490. The lowest BCUT2D eigenvalue weighted by Gasteiger charge is -2.32. The van der Waals surface area contributed by atoms with E-state index in [-0.39, 0.29) is 11.9 Å². The van der Waals surface area contributed by atoms with Crippen LogP contribution < -0.4 is 9.64 Å². The smallest absolute Gasteiger partial charge is 0.434 e. The van der Waals surface area contributed by atoms with E-state index in [0.29, 0.717) is 36.7 Å². The van der Waals surface area contributed by atoms with Crippen molar-refractivity contribution in [1.29, 1.82) is 0 Å². The standard InChI is InChI=1S/C15H14ClF3N4O/c16-10-5-12(7-20-6-10)24-11-1-3-23(4-2-11)14-9-21-8-13(22-14)15(17,18)19/h5-9,11H,1-4H2. The van der Waals surface area contributed by atoms with Gasteiger partial charge in [-0.15, -0.1) is 0 Å². The molecule has 3 heterocycles.